The number of hydrogen-bond donors (Lipinski definition) is 3. The lowest BCUT2D eigenvalue weighted by Gasteiger charge is -2.22. The van der Waals surface area contributed by atoms with E-state index in [0.29, 0.717) is 12.8 Å². The van der Waals surface area contributed by atoms with Gasteiger partial charge in [-0.05, 0) is 12.8 Å². The summed E-state index contributed by atoms with van der Waals surface area (Å²) < 4.78 is 23.4. The molecule has 1 rings (SSSR count). The molecule has 0 spiro atoms. The fraction of sp³-hybridized carbons (Fsp3) is 0.800. The number of hydrogen-bond acceptors (Lipinski definition) is 5. The summed E-state index contributed by atoms with van der Waals surface area (Å²) in [6.45, 7) is 1.82. The van der Waals surface area contributed by atoms with Gasteiger partial charge in [0.15, 0.2) is 9.84 Å². The molecule has 0 radical (unpaired) electrons. The van der Waals surface area contributed by atoms with Crippen LogP contribution in [0, 0.1) is 5.92 Å². The summed E-state index contributed by atoms with van der Waals surface area (Å²) in [5.41, 5.74) is 5.36. The zero-order chi connectivity index (χ0) is 13.8. The Hall–Kier alpha value is -1.31. The first-order chi connectivity index (χ1) is 8.38. The molecule has 1 aliphatic heterocycles. The standard InChI is InChI=1S/C10H19N3O4S/c1-7(9(11)13-15)6-12-10(14)8-4-2-3-5-18(8,16)17/h7-8,15H,2-6H2,1H3,(H2,11,13)(H,12,14). The topological polar surface area (TPSA) is 122 Å². The molecular weight excluding hydrogens is 258 g/mol. The molecule has 0 aromatic heterocycles. The molecule has 2 unspecified atom stereocenters. The predicted octanol–water partition coefficient (Wildman–Crippen LogP) is -0.548. The number of amidine groups is 1. The van der Waals surface area contributed by atoms with Crippen LogP contribution in [0.2, 0.25) is 0 Å². The van der Waals surface area contributed by atoms with Crippen LogP contribution in [0.5, 0.6) is 0 Å². The lowest BCUT2D eigenvalue weighted by Crippen LogP contribution is -2.45. The fourth-order valence-corrected chi connectivity index (χ4v) is 3.65. The van der Waals surface area contributed by atoms with Crippen molar-refractivity contribution >= 4 is 21.6 Å². The largest absolute Gasteiger partial charge is 0.409 e. The first kappa shape index (κ1) is 14.7. The second kappa shape index (κ2) is 6.03. The van der Waals surface area contributed by atoms with Crippen molar-refractivity contribution in [3.8, 4) is 0 Å². The molecule has 2 atom stereocenters. The Morgan fingerprint density at radius 3 is 2.78 bits per heavy atom. The summed E-state index contributed by atoms with van der Waals surface area (Å²) in [5.74, 6) is -0.764. The zero-order valence-corrected chi connectivity index (χ0v) is 11.1. The highest BCUT2D eigenvalue weighted by Crippen LogP contribution is 2.19. The van der Waals surface area contributed by atoms with Gasteiger partial charge < -0.3 is 16.3 Å². The van der Waals surface area contributed by atoms with E-state index < -0.39 is 21.0 Å². The summed E-state index contributed by atoms with van der Waals surface area (Å²) in [6.07, 6.45) is 1.73. The minimum absolute atomic E-state index is 0.00167. The Bertz CT molecular complexity index is 432. The number of nitrogens with one attached hydrogen (secondary N) is 1. The number of sulfone groups is 1. The molecule has 0 aromatic rings. The van der Waals surface area contributed by atoms with Crippen LogP contribution in [-0.2, 0) is 14.6 Å². The van der Waals surface area contributed by atoms with Crippen molar-refractivity contribution in [1.82, 2.24) is 5.32 Å². The van der Waals surface area contributed by atoms with Gasteiger partial charge in [-0.15, -0.1) is 0 Å². The Morgan fingerprint density at radius 2 is 2.22 bits per heavy atom. The second-order valence-corrected chi connectivity index (χ2v) is 6.83. The van der Waals surface area contributed by atoms with Gasteiger partial charge in [-0.2, -0.15) is 0 Å². The summed E-state index contributed by atoms with van der Waals surface area (Å²) >= 11 is 0. The molecule has 0 bridgehead atoms. The summed E-state index contributed by atoms with van der Waals surface area (Å²) in [7, 11) is -3.32. The van der Waals surface area contributed by atoms with Gasteiger partial charge in [-0.1, -0.05) is 18.5 Å². The minimum atomic E-state index is -3.32. The van der Waals surface area contributed by atoms with E-state index in [-0.39, 0.29) is 24.1 Å². The van der Waals surface area contributed by atoms with Crippen molar-refractivity contribution in [3.05, 3.63) is 0 Å². The number of nitrogens with two attached hydrogens (primary N) is 1. The number of rotatable bonds is 4. The number of amides is 1. The van der Waals surface area contributed by atoms with Crippen LogP contribution in [0.15, 0.2) is 5.16 Å². The molecule has 1 fully saturated rings. The average Bonchev–Trinajstić information content (AvgIpc) is 2.33. The Kier molecular flexibility index (Phi) is 4.94. The van der Waals surface area contributed by atoms with Gasteiger partial charge in [0.25, 0.3) is 0 Å². The SMILES string of the molecule is CC(CNC(=O)C1CCCCS1(=O)=O)C(N)=NO. The molecule has 1 amide bonds. The number of oxime groups is 1. The van der Waals surface area contributed by atoms with Crippen molar-refractivity contribution < 1.29 is 18.4 Å². The third-order valence-electron chi connectivity index (χ3n) is 3.07. The fourth-order valence-electron chi connectivity index (χ4n) is 1.82. The molecule has 1 aliphatic rings. The molecule has 0 aliphatic carbocycles. The van der Waals surface area contributed by atoms with Crippen molar-refractivity contribution in [1.29, 1.82) is 0 Å². The van der Waals surface area contributed by atoms with Gasteiger partial charge in [0.05, 0.1) is 5.75 Å². The monoisotopic (exact) mass is 277 g/mol. The Labute approximate surface area is 106 Å². The van der Waals surface area contributed by atoms with E-state index in [2.05, 4.69) is 10.5 Å². The van der Waals surface area contributed by atoms with Crippen molar-refractivity contribution in [3.63, 3.8) is 0 Å². The maximum atomic E-state index is 11.8. The van der Waals surface area contributed by atoms with E-state index in [0.717, 1.165) is 6.42 Å². The summed E-state index contributed by atoms with van der Waals surface area (Å²) in [6, 6.07) is 0. The summed E-state index contributed by atoms with van der Waals surface area (Å²) in [4.78, 5) is 11.8. The quantitative estimate of drug-likeness (QED) is 0.275. The summed E-state index contributed by atoms with van der Waals surface area (Å²) in [5, 5.41) is 12.9. The molecule has 4 N–H and O–H groups in total. The van der Waals surface area contributed by atoms with E-state index in [1.54, 1.807) is 6.92 Å². The van der Waals surface area contributed by atoms with E-state index in [9.17, 15) is 13.2 Å². The zero-order valence-electron chi connectivity index (χ0n) is 10.3. The molecule has 1 saturated heterocycles. The average molecular weight is 277 g/mol. The molecule has 18 heavy (non-hydrogen) atoms. The van der Waals surface area contributed by atoms with Gasteiger partial charge in [0, 0.05) is 12.5 Å². The van der Waals surface area contributed by atoms with Gasteiger partial charge in [-0.3, -0.25) is 4.79 Å². The lowest BCUT2D eigenvalue weighted by molar-refractivity contribution is -0.120. The molecular formula is C10H19N3O4S. The Morgan fingerprint density at radius 1 is 1.56 bits per heavy atom. The van der Waals surface area contributed by atoms with Crippen LogP contribution in [0.25, 0.3) is 0 Å². The smallest absolute Gasteiger partial charge is 0.238 e. The van der Waals surface area contributed by atoms with Crippen LogP contribution in [0.4, 0.5) is 0 Å². The number of nitrogens with zero attached hydrogens (tertiary/aromatic N) is 1. The second-order valence-electron chi connectivity index (χ2n) is 4.52. The predicted molar refractivity (Wildman–Crippen MR) is 67.0 cm³/mol. The lowest BCUT2D eigenvalue weighted by atomic mass is 10.1. The number of carbonyl (C=O) groups is 1. The number of carbonyl (C=O) groups excluding carboxylic acids is 1. The highest BCUT2D eigenvalue weighted by molar-refractivity contribution is 7.92. The highest BCUT2D eigenvalue weighted by Gasteiger charge is 2.34. The van der Waals surface area contributed by atoms with E-state index in [1.165, 1.54) is 0 Å². The third kappa shape index (κ3) is 3.59. The van der Waals surface area contributed by atoms with Gasteiger partial charge >= 0.3 is 0 Å². The highest BCUT2D eigenvalue weighted by atomic mass is 32.2. The maximum absolute atomic E-state index is 11.8. The van der Waals surface area contributed by atoms with Gasteiger partial charge in [0.1, 0.15) is 11.1 Å². The Balaban J connectivity index is 2.55. The van der Waals surface area contributed by atoms with E-state index in [4.69, 9.17) is 10.9 Å². The van der Waals surface area contributed by atoms with Crippen LogP contribution >= 0.6 is 0 Å². The van der Waals surface area contributed by atoms with Crippen LogP contribution in [-0.4, -0.2) is 42.9 Å². The normalized spacial score (nSPS) is 25.4. The van der Waals surface area contributed by atoms with Crippen LogP contribution < -0.4 is 11.1 Å². The van der Waals surface area contributed by atoms with Crippen molar-refractivity contribution in [2.45, 2.75) is 31.4 Å². The molecule has 8 heteroatoms. The molecule has 104 valence electrons. The maximum Gasteiger partial charge on any atom is 0.238 e. The minimum Gasteiger partial charge on any atom is -0.409 e. The van der Waals surface area contributed by atoms with E-state index in [1.807, 2.05) is 0 Å². The first-order valence-corrected chi connectivity index (χ1v) is 7.56. The van der Waals surface area contributed by atoms with E-state index >= 15 is 0 Å². The molecule has 0 saturated carbocycles. The molecule has 1 heterocycles. The third-order valence-corrected chi connectivity index (χ3v) is 5.25. The molecule has 0 aromatic carbocycles. The first-order valence-electron chi connectivity index (χ1n) is 5.85. The molecule has 7 nitrogen and oxygen atoms in total. The van der Waals surface area contributed by atoms with Crippen LogP contribution in [0.3, 0.4) is 0 Å². The van der Waals surface area contributed by atoms with Crippen molar-refractivity contribution in [2.24, 2.45) is 16.8 Å². The van der Waals surface area contributed by atoms with Crippen LogP contribution in [0.1, 0.15) is 26.2 Å². The van der Waals surface area contributed by atoms with Gasteiger partial charge in [-0.25, -0.2) is 8.42 Å². The van der Waals surface area contributed by atoms with Crippen molar-refractivity contribution in [2.75, 3.05) is 12.3 Å². The van der Waals surface area contributed by atoms with Gasteiger partial charge in [0.2, 0.25) is 5.91 Å².